The second kappa shape index (κ2) is 66.6. The first-order valence-corrected chi connectivity index (χ1v) is 33.4. The van der Waals surface area contributed by atoms with Crippen molar-refractivity contribution in [2.24, 2.45) is 0 Å². The van der Waals surface area contributed by atoms with Crippen molar-refractivity contribution in [3.8, 4) is 0 Å². The Bertz CT molecular complexity index is 1590. The SMILES string of the molecule is CC/C=C\C/C=C\C/C=C\C/C=C\C/C=C\C/C=C\C/C=C\CCCCCCCCCC(=O)OCC(COC(=O)CCCCCCC)OC(=O)CCCCCCCCCCCCCCCCC/C=C\C/C=C\CCCCCCC. The van der Waals surface area contributed by atoms with Crippen LogP contribution in [0.15, 0.2) is 109 Å². The minimum atomic E-state index is -0.781. The third-order valence-corrected chi connectivity index (χ3v) is 14.3. The Balaban J connectivity index is 4.06. The summed E-state index contributed by atoms with van der Waals surface area (Å²) in [4.78, 5) is 38.0. The van der Waals surface area contributed by atoms with E-state index in [2.05, 4.69) is 130 Å². The number of carbonyl (C=O) groups is 3. The highest BCUT2D eigenvalue weighted by molar-refractivity contribution is 5.71. The smallest absolute Gasteiger partial charge is 0.306 e. The average molecular weight is 1100 g/mol. The maximum atomic E-state index is 12.8. The fraction of sp³-hybridized carbons (Fsp3) is 0.712. The molecule has 0 bridgehead atoms. The number of carbonyl (C=O) groups excluding carboxylic acids is 3. The molecule has 0 fully saturated rings. The van der Waals surface area contributed by atoms with Crippen molar-refractivity contribution in [1.82, 2.24) is 0 Å². The highest BCUT2D eigenvalue weighted by atomic mass is 16.6. The highest BCUT2D eigenvalue weighted by Gasteiger charge is 2.19. The summed E-state index contributed by atoms with van der Waals surface area (Å²) in [7, 11) is 0. The summed E-state index contributed by atoms with van der Waals surface area (Å²) in [5, 5.41) is 0. The van der Waals surface area contributed by atoms with E-state index >= 15 is 0 Å². The van der Waals surface area contributed by atoms with Gasteiger partial charge >= 0.3 is 17.9 Å². The highest BCUT2D eigenvalue weighted by Crippen LogP contribution is 2.16. The third kappa shape index (κ3) is 64.8. The van der Waals surface area contributed by atoms with Gasteiger partial charge < -0.3 is 14.2 Å². The van der Waals surface area contributed by atoms with Crippen molar-refractivity contribution < 1.29 is 28.6 Å². The van der Waals surface area contributed by atoms with Crippen LogP contribution in [-0.4, -0.2) is 37.2 Å². The zero-order valence-electron chi connectivity index (χ0n) is 51.9. The molecule has 0 aliphatic rings. The summed E-state index contributed by atoms with van der Waals surface area (Å²) in [6.45, 7) is 6.44. The van der Waals surface area contributed by atoms with E-state index in [4.69, 9.17) is 14.2 Å². The van der Waals surface area contributed by atoms with Gasteiger partial charge in [-0.15, -0.1) is 0 Å². The summed E-state index contributed by atoms with van der Waals surface area (Å²) < 4.78 is 16.8. The van der Waals surface area contributed by atoms with Crippen LogP contribution in [0.1, 0.15) is 316 Å². The van der Waals surface area contributed by atoms with Gasteiger partial charge in [-0.2, -0.15) is 0 Å². The molecule has 452 valence electrons. The zero-order chi connectivity index (χ0) is 57.1. The lowest BCUT2D eigenvalue weighted by Crippen LogP contribution is -2.30. The molecule has 0 spiro atoms. The summed E-state index contributed by atoms with van der Waals surface area (Å²) in [5.74, 6) is -0.899. The number of ether oxygens (including phenoxy) is 3. The van der Waals surface area contributed by atoms with Gasteiger partial charge in [-0.1, -0.05) is 297 Å². The first-order valence-electron chi connectivity index (χ1n) is 33.4. The summed E-state index contributed by atoms with van der Waals surface area (Å²) in [5.41, 5.74) is 0. The predicted molar refractivity (Wildman–Crippen MR) is 343 cm³/mol. The number of allylic oxidation sites excluding steroid dienone is 18. The van der Waals surface area contributed by atoms with Crippen LogP contribution in [0.2, 0.25) is 0 Å². The van der Waals surface area contributed by atoms with Crippen molar-refractivity contribution in [3.05, 3.63) is 109 Å². The quantitative estimate of drug-likeness (QED) is 0.0261. The Morgan fingerprint density at radius 2 is 0.494 bits per heavy atom. The maximum absolute atomic E-state index is 12.8. The monoisotopic (exact) mass is 1100 g/mol. The van der Waals surface area contributed by atoms with E-state index in [1.165, 1.54) is 154 Å². The van der Waals surface area contributed by atoms with Crippen molar-refractivity contribution in [2.75, 3.05) is 13.2 Å². The lowest BCUT2D eigenvalue weighted by Gasteiger charge is -2.18. The standard InChI is InChI=1S/C73H124O6/c1-4-7-10-13-15-17-19-21-23-25-27-29-31-33-35-36-38-39-41-43-45-47-49-51-53-55-57-60-63-66-72(75)78-69-70(68-77-71(74)65-62-59-12-9-6-3)79-73(76)67-64-61-58-56-54-52-50-48-46-44-42-40-37-34-32-30-28-26-24-22-20-18-16-14-11-8-5-2/h7,10,15,17,20-23,26-29,33,35,38-39,43,45,70H,4-6,8-9,11-14,16,18-19,24-25,30-32,34,36-37,40-42,44,46-69H2,1-3H3/b10-7-,17-15-,22-20-,23-21-,28-26-,29-27-,35-33-,39-38-,45-43-. The van der Waals surface area contributed by atoms with Crippen LogP contribution < -0.4 is 0 Å². The number of esters is 3. The molecule has 0 aromatic heterocycles. The summed E-state index contributed by atoms with van der Waals surface area (Å²) in [6.07, 6.45) is 91.5. The van der Waals surface area contributed by atoms with Gasteiger partial charge in [0.2, 0.25) is 0 Å². The maximum Gasteiger partial charge on any atom is 0.306 e. The van der Waals surface area contributed by atoms with Gasteiger partial charge in [-0.3, -0.25) is 14.4 Å². The van der Waals surface area contributed by atoms with Gasteiger partial charge in [0.15, 0.2) is 6.10 Å². The van der Waals surface area contributed by atoms with E-state index in [1.54, 1.807) is 0 Å². The molecule has 0 amide bonds. The van der Waals surface area contributed by atoms with Gasteiger partial charge in [-0.25, -0.2) is 0 Å². The zero-order valence-corrected chi connectivity index (χ0v) is 51.9. The van der Waals surface area contributed by atoms with Crippen LogP contribution in [0.5, 0.6) is 0 Å². The molecule has 1 atom stereocenters. The Kier molecular flexibility index (Phi) is 63.3. The van der Waals surface area contributed by atoms with Crippen LogP contribution in [0, 0.1) is 0 Å². The van der Waals surface area contributed by atoms with E-state index in [9.17, 15) is 14.4 Å². The minimum Gasteiger partial charge on any atom is -0.462 e. The fourth-order valence-corrected chi connectivity index (χ4v) is 9.28. The molecule has 6 heteroatoms. The Labute approximate surface area is 489 Å². The van der Waals surface area contributed by atoms with Crippen molar-refractivity contribution >= 4 is 17.9 Å². The van der Waals surface area contributed by atoms with Crippen LogP contribution in [0.4, 0.5) is 0 Å². The van der Waals surface area contributed by atoms with Gasteiger partial charge in [-0.05, 0) is 109 Å². The molecule has 0 saturated carbocycles. The van der Waals surface area contributed by atoms with E-state index < -0.39 is 6.10 Å². The molecular formula is C73H124O6. The largest absolute Gasteiger partial charge is 0.462 e. The van der Waals surface area contributed by atoms with Crippen LogP contribution in [0.3, 0.4) is 0 Å². The average Bonchev–Trinajstić information content (AvgIpc) is 3.45. The molecule has 0 saturated heterocycles. The first-order chi connectivity index (χ1) is 39.0. The molecule has 6 nitrogen and oxygen atoms in total. The number of hydrogen-bond acceptors (Lipinski definition) is 6. The molecule has 0 rings (SSSR count). The topological polar surface area (TPSA) is 78.9 Å². The van der Waals surface area contributed by atoms with E-state index in [0.29, 0.717) is 19.3 Å². The lowest BCUT2D eigenvalue weighted by molar-refractivity contribution is -0.167. The van der Waals surface area contributed by atoms with Gasteiger partial charge in [0.05, 0.1) is 0 Å². The lowest BCUT2D eigenvalue weighted by atomic mass is 10.0. The number of hydrogen-bond donors (Lipinski definition) is 0. The third-order valence-electron chi connectivity index (χ3n) is 14.3. The Morgan fingerprint density at radius 3 is 0.772 bits per heavy atom. The van der Waals surface area contributed by atoms with Gasteiger partial charge in [0.25, 0.3) is 0 Å². The molecular weight excluding hydrogens is 973 g/mol. The summed E-state index contributed by atoms with van der Waals surface area (Å²) >= 11 is 0. The second-order valence-electron chi connectivity index (χ2n) is 22.0. The van der Waals surface area contributed by atoms with Crippen molar-refractivity contribution in [2.45, 2.75) is 322 Å². The molecule has 1 unspecified atom stereocenters. The van der Waals surface area contributed by atoms with Crippen LogP contribution in [0.25, 0.3) is 0 Å². The van der Waals surface area contributed by atoms with Crippen LogP contribution in [-0.2, 0) is 28.6 Å². The van der Waals surface area contributed by atoms with E-state index in [0.717, 1.165) is 122 Å². The normalized spacial score (nSPS) is 12.8. The molecule has 0 aromatic rings. The van der Waals surface area contributed by atoms with Gasteiger partial charge in [0, 0.05) is 19.3 Å². The molecule has 0 aliphatic carbocycles. The van der Waals surface area contributed by atoms with Gasteiger partial charge in [0.1, 0.15) is 13.2 Å². The number of unbranched alkanes of at least 4 members (excludes halogenated alkanes) is 31. The molecule has 0 aromatic carbocycles. The summed E-state index contributed by atoms with van der Waals surface area (Å²) in [6, 6.07) is 0. The molecule has 0 radical (unpaired) electrons. The fourth-order valence-electron chi connectivity index (χ4n) is 9.28. The Hall–Kier alpha value is -3.93. The van der Waals surface area contributed by atoms with Crippen molar-refractivity contribution in [1.29, 1.82) is 0 Å². The predicted octanol–water partition coefficient (Wildman–Crippen LogP) is 23.0. The second-order valence-corrected chi connectivity index (χ2v) is 22.0. The van der Waals surface area contributed by atoms with E-state index in [-0.39, 0.29) is 31.1 Å². The molecule has 0 N–H and O–H groups in total. The molecule has 0 heterocycles. The first kappa shape index (κ1) is 75.1. The Morgan fingerprint density at radius 1 is 0.266 bits per heavy atom. The van der Waals surface area contributed by atoms with E-state index in [1.807, 2.05) is 0 Å². The van der Waals surface area contributed by atoms with Crippen LogP contribution >= 0.6 is 0 Å². The minimum absolute atomic E-state index is 0.0813. The number of rotatable bonds is 60. The van der Waals surface area contributed by atoms with Crippen molar-refractivity contribution in [3.63, 3.8) is 0 Å². The molecule has 79 heavy (non-hydrogen) atoms. The molecule has 0 aliphatic heterocycles.